The van der Waals surface area contributed by atoms with Crippen LogP contribution in [0.2, 0.25) is 0 Å². The number of nitrogens with one attached hydrogen (secondary N) is 1. The summed E-state index contributed by atoms with van der Waals surface area (Å²) in [7, 11) is 0. The Labute approximate surface area is 150 Å². The number of amides is 2. The molecule has 2 heterocycles. The van der Waals surface area contributed by atoms with Gasteiger partial charge in [-0.3, -0.25) is 9.59 Å². The Kier molecular flexibility index (Phi) is 5.58. The molecule has 0 aliphatic carbocycles. The Balaban J connectivity index is 1.59. The van der Waals surface area contributed by atoms with Gasteiger partial charge in [0, 0.05) is 22.7 Å². The summed E-state index contributed by atoms with van der Waals surface area (Å²) in [6, 6.07) is 11.4. The molecule has 4 nitrogen and oxygen atoms in total. The highest BCUT2D eigenvalue weighted by Crippen LogP contribution is 2.24. The summed E-state index contributed by atoms with van der Waals surface area (Å²) >= 11 is 3.29. The first-order chi connectivity index (χ1) is 11.6. The van der Waals surface area contributed by atoms with Crippen molar-refractivity contribution < 1.29 is 9.59 Å². The quantitative estimate of drug-likeness (QED) is 0.887. The van der Waals surface area contributed by atoms with Crippen molar-refractivity contribution in [3.05, 3.63) is 52.2 Å². The summed E-state index contributed by atoms with van der Waals surface area (Å²) in [5, 5.41) is 4.95. The van der Waals surface area contributed by atoms with Gasteiger partial charge in [0.05, 0.1) is 5.88 Å². The minimum absolute atomic E-state index is 0.0535. The summed E-state index contributed by atoms with van der Waals surface area (Å²) < 4.78 is 0. The first-order valence-electron chi connectivity index (χ1n) is 7.90. The first-order valence-corrected chi connectivity index (χ1v) is 9.94. The molecule has 1 saturated heterocycles. The fourth-order valence-corrected chi connectivity index (χ4v) is 4.57. The zero-order valence-corrected chi connectivity index (χ0v) is 15.2. The van der Waals surface area contributed by atoms with Gasteiger partial charge in [-0.15, -0.1) is 23.1 Å². The lowest BCUT2D eigenvalue weighted by Gasteiger charge is -2.23. The maximum Gasteiger partial charge on any atom is 0.248 e. The molecule has 1 aromatic heterocycles. The van der Waals surface area contributed by atoms with E-state index in [0.29, 0.717) is 18.1 Å². The molecular weight excluding hydrogens is 340 g/mol. The maximum atomic E-state index is 12.6. The van der Waals surface area contributed by atoms with Crippen LogP contribution in [0.3, 0.4) is 0 Å². The van der Waals surface area contributed by atoms with E-state index in [2.05, 4.69) is 5.32 Å². The van der Waals surface area contributed by atoms with Gasteiger partial charge in [0.25, 0.3) is 0 Å². The Morgan fingerprint density at radius 3 is 2.92 bits per heavy atom. The highest BCUT2D eigenvalue weighted by atomic mass is 32.2. The number of benzene rings is 1. The zero-order valence-electron chi connectivity index (χ0n) is 13.5. The van der Waals surface area contributed by atoms with Crippen molar-refractivity contribution in [1.29, 1.82) is 0 Å². The average Bonchev–Trinajstić information content (AvgIpc) is 3.24. The highest BCUT2D eigenvalue weighted by Gasteiger charge is 2.34. The molecule has 1 aliphatic rings. The topological polar surface area (TPSA) is 49.4 Å². The highest BCUT2D eigenvalue weighted by molar-refractivity contribution is 7.99. The van der Waals surface area contributed by atoms with Gasteiger partial charge in [-0.05, 0) is 42.5 Å². The van der Waals surface area contributed by atoms with E-state index < -0.39 is 0 Å². The molecule has 1 aromatic carbocycles. The average molecular weight is 361 g/mol. The monoisotopic (exact) mass is 360 g/mol. The van der Waals surface area contributed by atoms with E-state index in [1.165, 1.54) is 4.88 Å². The van der Waals surface area contributed by atoms with Crippen molar-refractivity contribution in [2.24, 2.45) is 0 Å². The van der Waals surface area contributed by atoms with Gasteiger partial charge in [-0.25, -0.2) is 0 Å². The molecule has 6 heteroatoms. The molecule has 2 amide bonds. The van der Waals surface area contributed by atoms with Crippen LogP contribution in [-0.4, -0.2) is 34.4 Å². The normalized spacial score (nSPS) is 17.0. The van der Waals surface area contributed by atoms with Crippen LogP contribution in [0.25, 0.3) is 0 Å². The van der Waals surface area contributed by atoms with E-state index in [9.17, 15) is 9.59 Å². The molecule has 0 radical (unpaired) electrons. The van der Waals surface area contributed by atoms with Gasteiger partial charge >= 0.3 is 0 Å². The maximum absolute atomic E-state index is 12.6. The Hall–Kier alpha value is -1.79. The summed E-state index contributed by atoms with van der Waals surface area (Å²) in [5.74, 6) is 1.20. The molecule has 1 aliphatic heterocycles. The van der Waals surface area contributed by atoms with E-state index in [1.54, 1.807) is 28.0 Å². The van der Waals surface area contributed by atoms with Crippen molar-refractivity contribution in [3.63, 3.8) is 0 Å². The zero-order chi connectivity index (χ0) is 16.9. The molecular formula is C18H20N2O2S2. The largest absolute Gasteiger partial charge is 0.324 e. The van der Waals surface area contributed by atoms with Crippen LogP contribution in [0.4, 0.5) is 5.69 Å². The van der Waals surface area contributed by atoms with Gasteiger partial charge in [0.15, 0.2) is 0 Å². The lowest BCUT2D eigenvalue weighted by molar-refractivity contribution is -0.136. The van der Waals surface area contributed by atoms with Crippen LogP contribution in [0.15, 0.2) is 41.8 Å². The third-order valence-corrected chi connectivity index (χ3v) is 5.90. The molecule has 0 bridgehead atoms. The molecule has 2 aromatic rings. The number of anilines is 1. The summed E-state index contributed by atoms with van der Waals surface area (Å²) in [6.07, 6.45) is 1.19. The van der Waals surface area contributed by atoms with Crippen molar-refractivity contribution in [2.45, 2.75) is 25.8 Å². The van der Waals surface area contributed by atoms with Crippen LogP contribution in [0.5, 0.6) is 0 Å². The third-order valence-electron chi connectivity index (χ3n) is 3.96. The van der Waals surface area contributed by atoms with Gasteiger partial charge in [-0.1, -0.05) is 18.2 Å². The standard InChI is InChI=1S/C18H20N2O2S2/c1-13-4-2-5-14(10-13)19-18(22)16-11-23-12-20(16)17(21)8-7-15-6-3-9-24-15/h2-6,9-10,16H,7-8,11-12H2,1H3,(H,19,22)/t16-/m1/s1. The number of thioether (sulfide) groups is 1. The van der Waals surface area contributed by atoms with Gasteiger partial charge in [0.2, 0.25) is 11.8 Å². The van der Waals surface area contributed by atoms with Gasteiger partial charge < -0.3 is 10.2 Å². The summed E-state index contributed by atoms with van der Waals surface area (Å²) in [4.78, 5) is 28.0. The van der Waals surface area contributed by atoms with E-state index in [0.717, 1.165) is 17.7 Å². The first kappa shape index (κ1) is 17.0. The fraction of sp³-hybridized carbons (Fsp3) is 0.333. The number of nitrogens with zero attached hydrogens (tertiary/aromatic N) is 1. The number of hydrogen-bond acceptors (Lipinski definition) is 4. The second kappa shape index (κ2) is 7.85. The fourth-order valence-electron chi connectivity index (χ4n) is 2.68. The number of hydrogen-bond donors (Lipinski definition) is 1. The number of rotatable bonds is 5. The van der Waals surface area contributed by atoms with Crippen molar-refractivity contribution >= 4 is 40.6 Å². The van der Waals surface area contributed by atoms with Crippen LogP contribution in [-0.2, 0) is 16.0 Å². The Morgan fingerprint density at radius 1 is 1.29 bits per heavy atom. The number of carbonyl (C=O) groups excluding carboxylic acids is 2. The SMILES string of the molecule is Cc1cccc(NC(=O)[C@H]2CSCN2C(=O)CCc2cccs2)c1. The summed E-state index contributed by atoms with van der Waals surface area (Å²) in [5.41, 5.74) is 1.88. The number of carbonyl (C=O) groups is 2. The minimum atomic E-state index is -0.383. The second-order valence-corrected chi connectivity index (χ2v) is 7.85. The van der Waals surface area contributed by atoms with E-state index in [1.807, 2.05) is 48.7 Å². The van der Waals surface area contributed by atoms with Crippen LogP contribution in [0.1, 0.15) is 16.9 Å². The molecule has 1 atom stereocenters. The lowest BCUT2D eigenvalue weighted by Crippen LogP contribution is -2.44. The van der Waals surface area contributed by atoms with E-state index >= 15 is 0 Å². The molecule has 0 spiro atoms. The Morgan fingerprint density at radius 2 is 2.17 bits per heavy atom. The molecule has 3 rings (SSSR count). The van der Waals surface area contributed by atoms with Crippen LogP contribution in [0, 0.1) is 6.92 Å². The lowest BCUT2D eigenvalue weighted by atomic mass is 10.2. The van der Waals surface area contributed by atoms with E-state index in [4.69, 9.17) is 0 Å². The van der Waals surface area contributed by atoms with Crippen LogP contribution >= 0.6 is 23.1 Å². The van der Waals surface area contributed by atoms with Crippen molar-refractivity contribution in [3.8, 4) is 0 Å². The predicted octanol–water partition coefficient (Wildman–Crippen LogP) is 3.53. The third kappa shape index (κ3) is 4.19. The summed E-state index contributed by atoms with van der Waals surface area (Å²) in [6.45, 7) is 1.99. The number of thiophene rings is 1. The predicted molar refractivity (Wildman–Crippen MR) is 100 cm³/mol. The Bertz CT molecular complexity index is 716. The van der Waals surface area contributed by atoms with Crippen molar-refractivity contribution in [2.75, 3.05) is 16.9 Å². The number of aryl methyl sites for hydroxylation is 2. The minimum Gasteiger partial charge on any atom is -0.324 e. The van der Waals surface area contributed by atoms with Gasteiger partial charge in [-0.2, -0.15) is 0 Å². The molecule has 1 N–H and O–H groups in total. The molecule has 0 unspecified atom stereocenters. The smallest absolute Gasteiger partial charge is 0.248 e. The second-order valence-electron chi connectivity index (χ2n) is 5.82. The molecule has 24 heavy (non-hydrogen) atoms. The molecule has 126 valence electrons. The van der Waals surface area contributed by atoms with Crippen molar-refractivity contribution in [1.82, 2.24) is 4.90 Å². The van der Waals surface area contributed by atoms with Crippen LogP contribution < -0.4 is 5.32 Å². The van der Waals surface area contributed by atoms with E-state index in [-0.39, 0.29) is 17.9 Å². The van der Waals surface area contributed by atoms with Gasteiger partial charge in [0.1, 0.15) is 6.04 Å². The molecule has 1 fully saturated rings. The molecule has 0 saturated carbocycles.